The summed E-state index contributed by atoms with van der Waals surface area (Å²) in [6.07, 6.45) is 1.92. The van der Waals surface area contributed by atoms with Crippen molar-refractivity contribution in [1.29, 1.82) is 0 Å². The second-order valence-corrected chi connectivity index (χ2v) is 5.50. The highest BCUT2D eigenvalue weighted by atomic mass is 35.5. The third-order valence-corrected chi connectivity index (χ3v) is 3.72. The van der Waals surface area contributed by atoms with Gasteiger partial charge in [0.15, 0.2) is 0 Å². The molecule has 100 valence electrons. The van der Waals surface area contributed by atoms with Gasteiger partial charge in [-0.1, -0.05) is 35.4 Å². The molecule has 1 N–H and O–H groups in total. The standard InChI is InChI=1S/C17H14ClNO/c1-10-3-4-12(11(2)7-10)8-15-14-9-13(18)5-6-16(14)19-17(15)20/h3-9H,1-2H3,(H,19,20)/b15-8+. The quantitative estimate of drug-likeness (QED) is 0.770. The molecular weight excluding hydrogens is 270 g/mol. The summed E-state index contributed by atoms with van der Waals surface area (Å²) in [6.45, 7) is 4.10. The molecule has 0 unspecified atom stereocenters. The largest absolute Gasteiger partial charge is 0.321 e. The molecule has 2 aromatic carbocycles. The molecule has 0 aromatic heterocycles. The van der Waals surface area contributed by atoms with Gasteiger partial charge in [-0.2, -0.15) is 0 Å². The summed E-state index contributed by atoms with van der Waals surface area (Å²) in [7, 11) is 0. The van der Waals surface area contributed by atoms with E-state index in [2.05, 4.69) is 18.3 Å². The lowest BCUT2D eigenvalue weighted by atomic mass is 10.00. The zero-order valence-electron chi connectivity index (χ0n) is 11.3. The summed E-state index contributed by atoms with van der Waals surface area (Å²) in [5, 5.41) is 3.49. The van der Waals surface area contributed by atoms with Crippen molar-refractivity contribution in [2.45, 2.75) is 13.8 Å². The average molecular weight is 284 g/mol. The molecule has 1 aliphatic rings. The van der Waals surface area contributed by atoms with Gasteiger partial charge in [0.1, 0.15) is 0 Å². The van der Waals surface area contributed by atoms with Gasteiger partial charge in [0, 0.05) is 21.8 Å². The average Bonchev–Trinajstić information content (AvgIpc) is 2.69. The molecule has 3 rings (SSSR count). The molecule has 1 amide bonds. The van der Waals surface area contributed by atoms with Crippen LogP contribution in [-0.2, 0) is 4.79 Å². The van der Waals surface area contributed by atoms with Crippen LogP contribution in [0.1, 0.15) is 22.3 Å². The lowest BCUT2D eigenvalue weighted by Crippen LogP contribution is -2.03. The number of amides is 1. The summed E-state index contributed by atoms with van der Waals surface area (Å²) in [5.74, 6) is -0.0813. The Bertz CT molecular complexity index is 747. The fourth-order valence-electron chi connectivity index (χ4n) is 2.45. The van der Waals surface area contributed by atoms with Gasteiger partial charge >= 0.3 is 0 Å². The maximum atomic E-state index is 12.1. The van der Waals surface area contributed by atoms with Gasteiger partial charge in [-0.15, -0.1) is 0 Å². The van der Waals surface area contributed by atoms with Crippen molar-refractivity contribution in [3.8, 4) is 0 Å². The zero-order chi connectivity index (χ0) is 14.3. The first-order valence-electron chi connectivity index (χ1n) is 6.45. The normalized spacial score (nSPS) is 15.3. The highest BCUT2D eigenvalue weighted by Gasteiger charge is 2.24. The Labute approximate surface area is 123 Å². The van der Waals surface area contributed by atoms with Gasteiger partial charge in [-0.3, -0.25) is 4.79 Å². The van der Waals surface area contributed by atoms with Crippen molar-refractivity contribution in [3.05, 3.63) is 63.7 Å². The minimum absolute atomic E-state index is 0.0813. The molecule has 2 nitrogen and oxygen atoms in total. The molecule has 3 heteroatoms. The van der Waals surface area contributed by atoms with E-state index in [1.165, 1.54) is 5.56 Å². The van der Waals surface area contributed by atoms with Crippen LogP contribution in [0.4, 0.5) is 5.69 Å². The fourth-order valence-corrected chi connectivity index (χ4v) is 2.62. The molecule has 1 aliphatic heterocycles. The predicted molar refractivity (Wildman–Crippen MR) is 83.9 cm³/mol. The summed E-state index contributed by atoms with van der Waals surface area (Å²) < 4.78 is 0. The fraction of sp³-hybridized carbons (Fsp3) is 0.118. The van der Waals surface area contributed by atoms with Crippen LogP contribution in [-0.4, -0.2) is 5.91 Å². The molecule has 1 heterocycles. The first kappa shape index (κ1) is 12.9. The maximum Gasteiger partial charge on any atom is 0.256 e. The van der Waals surface area contributed by atoms with Crippen molar-refractivity contribution in [1.82, 2.24) is 0 Å². The van der Waals surface area contributed by atoms with E-state index in [9.17, 15) is 4.79 Å². The number of anilines is 1. The first-order valence-corrected chi connectivity index (χ1v) is 6.82. The van der Waals surface area contributed by atoms with Crippen molar-refractivity contribution < 1.29 is 4.79 Å². The minimum Gasteiger partial charge on any atom is -0.321 e. The van der Waals surface area contributed by atoms with E-state index >= 15 is 0 Å². The van der Waals surface area contributed by atoms with E-state index in [1.807, 2.05) is 37.3 Å². The number of benzene rings is 2. The van der Waals surface area contributed by atoms with Gasteiger partial charge < -0.3 is 5.32 Å². The van der Waals surface area contributed by atoms with Crippen molar-refractivity contribution in [2.24, 2.45) is 0 Å². The highest BCUT2D eigenvalue weighted by molar-refractivity contribution is 6.36. The summed E-state index contributed by atoms with van der Waals surface area (Å²) in [4.78, 5) is 12.1. The van der Waals surface area contributed by atoms with Crippen LogP contribution in [0.3, 0.4) is 0 Å². The molecule has 0 atom stereocenters. The van der Waals surface area contributed by atoms with Crippen LogP contribution in [0, 0.1) is 13.8 Å². The monoisotopic (exact) mass is 283 g/mol. The summed E-state index contributed by atoms with van der Waals surface area (Å²) in [6, 6.07) is 11.6. The van der Waals surface area contributed by atoms with E-state index in [0.717, 1.165) is 22.4 Å². The number of carbonyl (C=O) groups excluding carboxylic acids is 1. The Balaban J connectivity index is 2.13. The summed E-state index contributed by atoms with van der Waals surface area (Å²) >= 11 is 6.03. The third-order valence-electron chi connectivity index (χ3n) is 3.49. The van der Waals surface area contributed by atoms with Crippen LogP contribution < -0.4 is 5.32 Å². The number of hydrogen-bond acceptors (Lipinski definition) is 1. The number of carbonyl (C=O) groups is 1. The van der Waals surface area contributed by atoms with Gasteiger partial charge in [0.05, 0.1) is 0 Å². The van der Waals surface area contributed by atoms with Gasteiger partial charge in [-0.25, -0.2) is 0 Å². The van der Waals surface area contributed by atoms with E-state index in [0.29, 0.717) is 10.6 Å². The Hall–Kier alpha value is -2.06. The molecule has 20 heavy (non-hydrogen) atoms. The molecule has 0 spiro atoms. The molecule has 0 saturated carbocycles. The van der Waals surface area contributed by atoms with Gasteiger partial charge in [0.2, 0.25) is 0 Å². The minimum atomic E-state index is -0.0813. The third kappa shape index (κ3) is 2.23. The topological polar surface area (TPSA) is 29.1 Å². The van der Waals surface area contributed by atoms with E-state index in [4.69, 9.17) is 11.6 Å². The second-order valence-electron chi connectivity index (χ2n) is 5.06. The number of hydrogen-bond donors (Lipinski definition) is 1. The number of fused-ring (bicyclic) bond motifs is 1. The van der Waals surface area contributed by atoms with Gasteiger partial charge in [0.25, 0.3) is 5.91 Å². The maximum absolute atomic E-state index is 12.1. The van der Waals surface area contributed by atoms with Gasteiger partial charge in [-0.05, 0) is 49.2 Å². The van der Waals surface area contributed by atoms with Crippen molar-refractivity contribution >= 4 is 34.8 Å². The Morgan fingerprint density at radius 1 is 1.10 bits per heavy atom. The van der Waals surface area contributed by atoms with E-state index in [1.54, 1.807) is 6.07 Å². The lowest BCUT2D eigenvalue weighted by molar-refractivity contribution is -0.110. The number of aryl methyl sites for hydroxylation is 2. The molecule has 2 aromatic rings. The molecule has 0 radical (unpaired) electrons. The molecule has 0 saturated heterocycles. The van der Waals surface area contributed by atoms with Crippen molar-refractivity contribution in [3.63, 3.8) is 0 Å². The molecular formula is C17H14ClNO. The molecule has 0 aliphatic carbocycles. The Kier molecular flexibility index (Phi) is 3.11. The number of halogens is 1. The molecule has 0 bridgehead atoms. The highest BCUT2D eigenvalue weighted by Crippen LogP contribution is 2.35. The number of nitrogens with one attached hydrogen (secondary N) is 1. The van der Waals surface area contributed by atoms with Crippen LogP contribution in [0.2, 0.25) is 5.02 Å². The Morgan fingerprint density at radius 3 is 2.65 bits per heavy atom. The SMILES string of the molecule is Cc1ccc(/C=C2/C(=O)Nc3ccc(Cl)cc32)c(C)c1. The van der Waals surface area contributed by atoms with Crippen LogP contribution in [0.5, 0.6) is 0 Å². The Morgan fingerprint density at radius 2 is 1.90 bits per heavy atom. The van der Waals surface area contributed by atoms with Crippen LogP contribution >= 0.6 is 11.6 Å². The van der Waals surface area contributed by atoms with Crippen LogP contribution in [0.25, 0.3) is 11.6 Å². The second kappa shape index (κ2) is 4.80. The predicted octanol–water partition coefficient (Wildman–Crippen LogP) is 4.45. The zero-order valence-corrected chi connectivity index (χ0v) is 12.1. The number of rotatable bonds is 1. The first-order chi connectivity index (χ1) is 9.54. The molecule has 0 fully saturated rings. The van der Waals surface area contributed by atoms with E-state index < -0.39 is 0 Å². The van der Waals surface area contributed by atoms with Crippen LogP contribution in [0.15, 0.2) is 36.4 Å². The lowest BCUT2D eigenvalue weighted by Gasteiger charge is -2.04. The summed E-state index contributed by atoms with van der Waals surface area (Å²) in [5.41, 5.74) is 5.76. The van der Waals surface area contributed by atoms with E-state index in [-0.39, 0.29) is 5.91 Å². The van der Waals surface area contributed by atoms with Crippen molar-refractivity contribution in [2.75, 3.05) is 5.32 Å². The smallest absolute Gasteiger partial charge is 0.256 e.